The van der Waals surface area contributed by atoms with Crippen molar-refractivity contribution >= 4 is 0 Å². The molecule has 1 atom stereocenters. The summed E-state index contributed by atoms with van der Waals surface area (Å²) in [5, 5.41) is 0. The molecule has 2 heterocycles. The van der Waals surface area contributed by atoms with Crippen LogP contribution in [0.25, 0.3) is 0 Å². The van der Waals surface area contributed by atoms with Crippen LogP contribution in [0.1, 0.15) is 5.56 Å². The zero-order valence-electron chi connectivity index (χ0n) is 14.8. The minimum Gasteiger partial charge on any atom is -0.383 e. The molecule has 0 aromatic heterocycles. The van der Waals surface area contributed by atoms with Crippen molar-refractivity contribution < 1.29 is 14.2 Å². The van der Waals surface area contributed by atoms with Gasteiger partial charge in [0.15, 0.2) is 0 Å². The molecule has 3 rings (SSSR count). The molecule has 0 saturated carbocycles. The Morgan fingerprint density at radius 2 is 1.79 bits per heavy atom. The monoisotopic (exact) mass is 334 g/mol. The molecule has 0 radical (unpaired) electrons. The van der Waals surface area contributed by atoms with E-state index in [0.29, 0.717) is 6.61 Å². The largest absolute Gasteiger partial charge is 0.383 e. The van der Waals surface area contributed by atoms with Gasteiger partial charge in [0.25, 0.3) is 0 Å². The summed E-state index contributed by atoms with van der Waals surface area (Å²) in [6, 6.07) is 10.7. The first kappa shape index (κ1) is 17.8. The molecule has 1 aromatic carbocycles. The van der Waals surface area contributed by atoms with Crippen LogP contribution in [-0.2, 0) is 20.6 Å². The van der Waals surface area contributed by atoms with Crippen molar-refractivity contribution in [1.82, 2.24) is 9.80 Å². The molecule has 134 valence electrons. The molecule has 0 aliphatic carbocycles. The normalized spacial score (nSPS) is 26.5. The van der Waals surface area contributed by atoms with Crippen LogP contribution in [0.15, 0.2) is 30.3 Å². The fourth-order valence-electron chi connectivity index (χ4n) is 3.62. The summed E-state index contributed by atoms with van der Waals surface area (Å²) in [7, 11) is 1.76. The summed E-state index contributed by atoms with van der Waals surface area (Å²) in [5.74, 6) is 0. The molecule has 2 saturated heterocycles. The maximum Gasteiger partial charge on any atom is 0.117 e. The van der Waals surface area contributed by atoms with Gasteiger partial charge in [-0.2, -0.15) is 0 Å². The fourth-order valence-corrected chi connectivity index (χ4v) is 3.62. The standard InChI is InChI=1S/C19H30N2O3/c1-22-12-9-21-10-13-23-17-19(16-21)15-20(11-14-24-19)8-7-18-5-3-2-4-6-18/h2-6H,7-17H2,1H3. The number of benzene rings is 1. The third kappa shape index (κ3) is 5.01. The van der Waals surface area contributed by atoms with Gasteiger partial charge in [0.1, 0.15) is 5.60 Å². The zero-order valence-corrected chi connectivity index (χ0v) is 14.8. The van der Waals surface area contributed by atoms with Crippen molar-refractivity contribution in [2.24, 2.45) is 0 Å². The Labute approximate surface area is 145 Å². The second kappa shape index (κ2) is 8.92. The van der Waals surface area contributed by atoms with E-state index in [0.717, 1.165) is 65.5 Å². The van der Waals surface area contributed by atoms with Crippen molar-refractivity contribution in [1.29, 1.82) is 0 Å². The van der Waals surface area contributed by atoms with Crippen LogP contribution in [0.5, 0.6) is 0 Å². The summed E-state index contributed by atoms with van der Waals surface area (Å²) >= 11 is 0. The van der Waals surface area contributed by atoms with E-state index in [-0.39, 0.29) is 5.60 Å². The second-order valence-electron chi connectivity index (χ2n) is 6.86. The summed E-state index contributed by atoms with van der Waals surface area (Å²) in [4.78, 5) is 4.94. The Morgan fingerprint density at radius 3 is 2.58 bits per heavy atom. The van der Waals surface area contributed by atoms with E-state index in [1.165, 1.54) is 5.56 Å². The maximum absolute atomic E-state index is 6.23. The predicted octanol–water partition coefficient (Wildman–Crippen LogP) is 1.28. The van der Waals surface area contributed by atoms with Crippen molar-refractivity contribution in [2.45, 2.75) is 12.0 Å². The number of rotatable bonds is 6. The molecule has 5 nitrogen and oxygen atoms in total. The SMILES string of the molecule is COCCN1CCOCC2(C1)CN(CCc1ccccc1)CCO2. The highest BCUT2D eigenvalue weighted by atomic mass is 16.5. The fraction of sp³-hybridized carbons (Fsp3) is 0.684. The summed E-state index contributed by atoms with van der Waals surface area (Å²) in [5.41, 5.74) is 1.20. The third-order valence-electron chi connectivity index (χ3n) is 4.93. The van der Waals surface area contributed by atoms with Gasteiger partial charge in [0.05, 0.1) is 26.4 Å². The Morgan fingerprint density at radius 1 is 1.04 bits per heavy atom. The van der Waals surface area contributed by atoms with E-state index in [4.69, 9.17) is 14.2 Å². The van der Waals surface area contributed by atoms with Crippen LogP contribution in [-0.4, -0.2) is 88.2 Å². The first-order valence-electron chi connectivity index (χ1n) is 8.99. The van der Waals surface area contributed by atoms with E-state index < -0.39 is 0 Å². The van der Waals surface area contributed by atoms with Gasteiger partial charge in [0, 0.05) is 46.4 Å². The molecule has 2 fully saturated rings. The van der Waals surface area contributed by atoms with Crippen LogP contribution < -0.4 is 0 Å². The average molecular weight is 334 g/mol. The molecular weight excluding hydrogens is 304 g/mol. The molecule has 1 spiro atoms. The van der Waals surface area contributed by atoms with Crippen LogP contribution in [0.3, 0.4) is 0 Å². The second-order valence-corrected chi connectivity index (χ2v) is 6.86. The summed E-state index contributed by atoms with van der Waals surface area (Å²) in [6.07, 6.45) is 1.09. The quantitative estimate of drug-likeness (QED) is 0.783. The highest BCUT2D eigenvalue weighted by Crippen LogP contribution is 2.23. The molecule has 5 heteroatoms. The third-order valence-corrected chi connectivity index (χ3v) is 4.93. The van der Waals surface area contributed by atoms with E-state index in [2.05, 4.69) is 40.1 Å². The average Bonchev–Trinajstić information content (AvgIpc) is 2.81. The van der Waals surface area contributed by atoms with Crippen LogP contribution in [0.4, 0.5) is 0 Å². The number of nitrogens with zero attached hydrogens (tertiary/aromatic N) is 2. The molecule has 0 amide bonds. The first-order chi connectivity index (χ1) is 11.8. The molecule has 0 bridgehead atoms. The van der Waals surface area contributed by atoms with Gasteiger partial charge in [0.2, 0.25) is 0 Å². The van der Waals surface area contributed by atoms with Gasteiger partial charge >= 0.3 is 0 Å². The van der Waals surface area contributed by atoms with E-state index in [1.807, 2.05) is 0 Å². The smallest absolute Gasteiger partial charge is 0.117 e. The van der Waals surface area contributed by atoms with Gasteiger partial charge in [-0.25, -0.2) is 0 Å². The minimum atomic E-state index is -0.195. The lowest BCUT2D eigenvalue weighted by molar-refractivity contribution is -0.141. The van der Waals surface area contributed by atoms with Crippen molar-refractivity contribution in [3.8, 4) is 0 Å². The molecular formula is C19H30N2O3. The topological polar surface area (TPSA) is 34.2 Å². The van der Waals surface area contributed by atoms with Crippen molar-refractivity contribution in [2.75, 3.05) is 72.8 Å². The van der Waals surface area contributed by atoms with Gasteiger partial charge < -0.3 is 14.2 Å². The lowest BCUT2D eigenvalue weighted by Gasteiger charge is -2.43. The molecule has 24 heavy (non-hydrogen) atoms. The molecule has 1 aromatic rings. The predicted molar refractivity (Wildman–Crippen MR) is 94.4 cm³/mol. The minimum absolute atomic E-state index is 0.195. The van der Waals surface area contributed by atoms with Gasteiger partial charge in [-0.15, -0.1) is 0 Å². The van der Waals surface area contributed by atoms with E-state index in [9.17, 15) is 0 Å². The van der Waals surface area contributed by atoms with E-state index in [1.54, 1.807) is 7.11 Å². The zero-order chi connectivity index (χ0) is 16.7. The number of morpholine rings is 1. The van der Waals surface area contributed by atoms with E-state index >= 15 is 0 Å². The molecule has 1 unspecified atom stereocenters. The lowest BCUT2D eigenvalue weighted by atomic mass is 10.0. The molecule has 0 N–H and O–H groups in total. The number of hydrogen-bond donors (Lipinski definition) is 0. The number of ether oxygens (including phenoxy) is 3. The van der Waals surface area contributed by atoms with Gasteiger partial charge in [-0.05, 0) is 12.0 Å². The Kier molecular flexibility index (Phi) is 6.63. The Balaban J connectivity index is 1.56. The first-order valence-corrected chi connectivity index (χ1v) is 8.99. The van der Waals surface area contributed by atoms with Crippen molar-refractivity contribution in [3.05, 3.63) is 35.9 Å². The van der Waals surface area contributed by atoms with Gasteiger partial charge in [-0.1, -0.05) is 30.3 Å². The summed E-state index contributed by atoms with van der Waals surface area (Å²) in [6.45, 7) is 8.87. The highest BCUT2D eigenvalue weighted by Gasteiger charge is 2.39. The van der Waals surface area contributed by atoms with Crippen LogP contribution in [0.2, 0.25) is 0 Å². The Hall–Kier alpha value is -0.980. The van der Waals surface area contributed by atoms with Crippen LogP contribution in [0, 0.1) is 0 Å². The highest BCUT2D eigenvalue weighted by molar-refractivity contribution is 5.15. The Bertz CT molecular complexity index is 485. The van der Waals surface area contributed by atoms with Gasteiger partial charge in [-0.3, -0.25) is 9.80 Å². The lowest BCUT2D eigenvalue weighted by Crippen LogP contribution is -2.59. The van der Waals surface area contributed by atoms with Crippen molar-refractivity contribution in [3.63, 3.8) is 0 Å². The number of hydrogen-bond acceptors (Lipinski definition) is 5. The maximum atomic E-state index is 6.23. The summed E-state index contributed by atoms with van der Waals surface area (Å²) < 4.78 is 17.3. The van der Waals surface area contributed by atoms with Crippen LogP contribution >= 0.6 is 0 Å². The number of methoxy groups -OCH3 is 1. The molecule has 2 aliphatic rings. The molecule has 2 aliphatic heterocycles.